The molecule has 0 spiro atoms. The second-order valence-corrected chi connectivity index (χ2v) is 7.15. The van der Waals surface area contributed by atoms with Gasteiger partial charge in [-0.25, -0.2) is 0 Å². The Morgan fingerprint density at radius 2 is 1.84 bits per heavy atom. The third-order valence-electron chi connectivity index (χ3n) is 5.51. The van der Waals surface area contributed by atoms with Crippen LogP contribution in [0.1, 0.15) is 59.3 Å². The molecule has 1 heterocycles. The van der Waals surface area contributed by atoms with E-state index in [1.807, 2.05) is 0 Å². The monoisotopic (exact) mass is 266 g/mol. The first-order valence-corrected chi connectivity index (χ1v) is 8.64. The van der Waals surface area contributed by atoms with Gasteiger partial charge in [-0.3, -0.25) is 0 Å². The molecule has 112 valence electrons. The number of piperidine rings is 1. The molecule has 0 amide bonds. The average Bonchev–Trinajstić information content (AvgIpc) is 2.46. The molecule has 1 saturated heterocycles. The third kappa shape index (κ3) is 4.75. The van der Waals surface area contributed by atoms with Gasteiger partial charge in [0.25, 0.3) is 0 Å². The quantitative estimate of drug-likeness (QED) is 0.819. The molecule has 2 unspecified atom stereocenters. The Balaban J connectivity index is 1.65. The molecule has 0 aromatic carbocycles. The topological polar surface area (TPSA) is 15.3 Å². The lowest BCUT2D eigenvalue weighted by atomic mass is 9.79. The molecule has 0 bridgehead atoms. The van der Waals surface area contributed by atoms with E-state index in [9.17, 15) is 0 Å². The van der Waals surface area contributed by atoms with Gasteiger partial charge in [0, 0.05) is 6.04 Å². The Hall–Kier alpha value is -0.0800. The van der Waals surface area contributed by atoms with Crippen LogP contribution in [0.2, 0.25) is 0 Å². The van der Waals surface area contributed by atoms with Crippen LogP contribution < -0.4 is 5.32 Å². The van der Waals surface area contributed by atoms with Gasteiger partial charge in [0.15, 0.2) is 0 Å². The molecule has 2 nitrogen and oxygen atoms in total. The molecular formula is C17H34N2. The second kappa shape index (κ2) is 7.64. The van der Waals surface area contributed by atoms with Crippen LogP contribution in [0, 0.1) is 17.8 Å². The summed E-state index contributed by atoms with van der Waals surface area (Å²) < 4.78 is 0. The maximum absolute atomic E-state index is 3.89. The Kier molecular flexibility index (Phi) is 6.15. The van der Waals surface area contributed by atoms with Crippen molar-refractivity contribution < 1.29 is 0 Å². The maximum atomic E-state index is 3.89. The molecule has 1 N–H and O–H groups in total. The van der Waals surface area contributed by atoms with Crippen LogP contribution in [-0.2, 0) is 0 Å². The summed E-state index contributed by atoms with van der Waals surface area (Å²) in [5, 5.41) is 3.89. The van der Waals surface area contributed by atoms with Gasteiger partial charge in [0.05, 0.1) is 0 Å². The SMILES string of the molecule is CCN1CCC(CNC2CCCC(C(C)C)C2)CC1. The molecule has 2 fully saturated rings. The van der Waals surface area contributed by atoms with Crippen molar-refractivity contribution in [3.05, 3.63) is 0 Å². The molecule has 1 aliphatic heterocycles. The number of nitrogens with one attached hydrogen (secondary N) is 1. The van der Waals surface area contributed by atoms with Crippen molar-refractivity contribution in [1.29, 1.82) is 0 Å². The molecule has 0 radical (unpaired) electrons. The number of hydrogen-bond acceptors (Lipinski definition) is 2. The van der Waals surface area contributed by atoms with Crippen molar-refractivity contribution in [2.75, 3.05) is 26.2 Å². The summed E-state index contributed by atoms with van der Waals surface area (Å²) >= 11 is 0. The molecule has 19 heavy (non-hydrogen) atoms. The summed E-state index contributed by atoms with van der Waals surface area (Å²) in [7, 11) is 0. The molecule has 2 rings (SSSR count). The highest BCUT2D eigenvalue weighted by Gasteiger charge is 2.25. The molecule has 1 aliphatic carbocycles. The van der Waals surface area contributed by atoms with E-state index < -0.39 is 0 Å². The highest BCUT2D eigenvalue weighted by atomic mass is 15.1. The van der Waals surface area contributed by atoms with Gasteiger partial charge >= 0.3 is 0 Å². The Bertz CT molecular complexity index is 244. The fraction of sp³-hybridized carbons (Fsp3) is 1.00. The van der Waals surface area contributed by atoms with E-state index >= 15 is 0 Å². The fourth-order valence-electron chi connectivity index (χ4n) is 3.86. The first-order valence-electron chi connectivity index (χ1n) is 8.64. The van der Waals surface area contributed by atoms with Crippen LogP contribution in [0.5, 0.6) is 0 Å². The Morgan fingerprint density at radius 1 is 1.11 bits per heavy atom. The summed E-state index contributed by atoms with van der Waals surface area (Å²) in [6.07, 6.45) is 8.55. The lowest BCUT2D eigenvalue weighted by Crippen LogP contribution is -2.41. The van der Waals surface area contributed by atoms with E-state index in [-0.39, 0.29) is 0 Å². The van der Waals surface area contributed by atoms with Gasteiger partial charge < -0.3 is 10.2 Å². The molecule has 0 aromatic heterocycles. The maximum Gasteiger partial charge on any atom is 0.00699 e. The molecule has 2 atom stereocenters. The summed E-state index contributed by atoms with van der Waals surface area (Å²) in [5.41, 5.74) is 0. The minimum atomic E-state index is 0.811. The lowest BCUT2D eigenvalue weighted by molar-refractivity contribution is 0.177. The standard InChI is InChI=1S/C17H34N2/c1-4-19-10-8-15(9-11-19)13-18-17-7-5-6-16(12-17)14(2)3/h14-18H,4-13H2,1-3H3. The molecule has 2 aliphatic rings. The van der Waals surface area contributed by atoms with Gasteiger partial charge in [-0.2, -0.15) is 0 Å². The fourth-order valence-corrected chi connectivity index (χ4v) is 3.86. The first kappa shape index (κ1) is 15.3. The number of nitrogens with zero attached hydrogens (tertiary/aromatic N) is 1. The minimum Gasteiger partial charge on any atom is -0.314 e. The Labute approximate surface area is 120 Å². The Morgan fingerprint density at radius 3 is 2.47 bits per heavy atom. The van der Waals surface area contributed by atoms with Crippen molar-refractivity contribution in [2.45, 2.75) is 65.3 Å². The largest absolute Gasteiger partial charge is 0.314 e. The summed E-state index contributed by atoms with van der Waals surface area (Å²) in [6, 6.07) is 0.811. The van der Waals surface area contributed by atoms with Crippen LogP contribution in [0.3, 0.4) is 0 Å². The minimum absolute atomic E-state index is 0.811. The predicted molar refractivity (Wildman–Crippen MR) is 83.4 cm³/mol. The summed E-state index contributed by atoms with van der Waals surface area (Å²) in [6.45, 7) is 12.2. The van der Waals surface area contributed by atoms with Gasteiger partial charge in [-0.1, -0.05) is 33.6 Å². The van der Waals surface area contributed by atoms with E-state index in [1.165, 1.54) is 64.7 Å². The van der Waals surface area contributed by atoms with Crippen molar-refractivity contribution in [3.8, 4) is 0 Å². The van der Waals surface area contributed by atoms with Gasteiger partial charge in [0.2, 0.25) is 0 Å². The summed E-state index contributed by atoms with van der Waals surface area (Å²) in [4.78, 5) is 2.59. The van der Waals surface area contributed by atoms with Gasteiger partial charge in [0.1, 0.15) is 0 Å². The van der Waals surface area contributed by atoms with Crippen LogP contribution in [0.25, 0.3) is 0 Å². The zero-order valence-corrected chi connectivity index (χ0v) is 13.3. The van der Waals surface area contributed by atoms with Crippen molar-refractivity contribution in [3.63, 3.8) is 0 Å². The predicted octanol–water partition coefficient (Wildman–Crippen LogP) is 3.52. The molecule has 2 heteroatoms. The highest BCUT2D eigenvalue weighted by molar-refractivity contribution is 4.81. The van der Waals surface area contributed by atoms with Crippen molar-refractivity contribution in [2.24, 2.45) is 17.8 Å². The van der Waals surface area contributed by atoms with E-state index in [2.05, 4.69) is 31.0 Å². The van der Waals surface area contributed by atoms with Gasteiger partial charge in [-0.05, 0) is 69.6 Å². The molecule has 0 aromatic rings. The highest BCUT2D eigenvalue weighted by Crippen LogP contribution is 2.30. The molecule has 1 saturated carbocycles. The van der Waals surface area contributed by atoms with Crippen LogP contribution in [-0.4, -0.2) is 37.1 Å². The smallest absolute Gasteiger partial charge is 0.00699 e. The van der Waals surface area contributed by atoms with Gasteiger partial charge in [-0.15, -0.1) is 0 Å². The normalized spacial score (nSPS) is 30.9. The zero-order chi connectivity index (χ0) is 13.7. The van der Waals surface area contributed by atoms with Crippen molar-refractivity contribution in [1.82, 2.24) is 10.2 Å². The number of hydrogen-bond donors (Lipinski definition) is 1. The van der Waals surface area contributed by atoms with E-state index in [0.717, 1.165) is 23.8 Å². The van der Waals surface area contributed by atoms with Crippen LogP contribution >= 0.6 is 0 Å². The van der Waals surface area contributed by atoms with E-state index in [0.29, 0.717) is 0 Å². The summed E-state index contributed by atoms with van der Waals surface area (Å²) in [5.74, 6) is 2.77. The van der Waals surface area contributed by atoms with Crippen molar-refractivity contribution >= 4 is 0 Å². The lowest BCUT2D eigenvalue weighted by Gasteiger charge is -2.35. The third-order valence-corrected chi connectivity index (χ3v) is 5.51. The average molecular weight is 266 g/mol. The second-order valence-electron chi connectivity index (χ2n) is 7.15. The van der Waals surface area contributed by atoms with E-state index in [1.54, 1.807) is 0 Å². The van der Waals surface area contributed by atoms with Crippen LogP contribution in [0.4, 0.5) is 0 Å². The molecular weight excluding hydrogens is 232 g/mol. The first-order chi connectivity index (χ1) is 9.19. The number of likely N-dealkylation sites (tertiary alicyclic amines) is 1. The number of rotatable bonds is 5. The van der Waals surface area contributed by atoms with E-state index in [4.69, 9.17) is 0 Å². The zero-order valence-electron chi connectivity index (χ0n) is 13.3. The van der Waals surface area contributed by atoms with Crippen LogP contribution in [0.15, 0.2) is 0 Å².